The predicted octanol–water partition coefficient (Wildman–Crippen LogP) is 2.37. The highest BCUT2D eigenvalue weighted by molar-refractivity contribution is 5.96. The van der Waals surface area contributed by atoms with Crippen molar-refractivity contribution in [2.24, 2.45) is 0 Å². The van der Waals surface area contributed by atoms with Crippen molar-refractivity contribution in [2.75, 3.05) is 39.6 Å². The molecule has 2 aromatic rings. The number of ether oxygens (including phenoxy) is 3. The van der Waals surface area contributed by atoms with Gasteiger partial charge in [0.05, 0.1) is 0 Å². The van der Waals surface area contributed by atoms with Crippen LogP contribution in [-0.2, 0) is 4.79 Å². The van der Waals surface area contributed by atoms with Gasteiger partial charge in [0.15, 0.2) is 23.9 Å². The van der Waals surface area contributed by atoms with E-state index < -0.39 is 0 Å². The first-order chi connectivity index (χ1) is 15.0. The van der Waals surface area contributed by atoms with Crippen molar-refractivity contribution < 1.29 is 28.6 Å². The quantitative estimate of drug-likeness (QED) is 0.662. The fourth-order valence-electron chi connectivity index (χ4n) is 3.55. The van der Waals surface area contributed by atoms with Gasteiger partial charge in [-0.2, -0.15) is 0 Å². The number of amides is 2. The van der Waals surface area contributed by atoms with Gasteiger partial charge < -0.3 is 24.0 Å². The number of carbonyl (C=O) groups excluding carboxylic acids is 3. The van der Waals surface area contributed by atoms with Crippen molar-refractivity contribution in [3.63, 3.8) is 0 Å². The van der Waals surface area contributed by atoms with E-state index in [9.17, 15) is 14.4 Å². The summed E-state index contributed by atoms with van der Waals surface area (Å²) in [7, 11) is 0. The van der Waals surface area contributed by atoms with E-state index in [1.54, 1.807) is 52.3 Å². The van der Waals surface area contributed by atoms with Gasteiger partial charge in [-0.05, 0) is 42.5 Å². The monoisotopic (exact) mass is 424 g/mol. The molecule has 2 aliphatic heterocycles. The van der Waals surface area contributed by atoms with Crippen molar-refractivity contribution in [3.05, 3.63) is 53.6 Å². The van der Waals surface area contributed by atoms with Crippen LogP contribution in [0.5, 0.6) is 17.2 Å². The SMILES string of the molecule is CCC(=O)c1ccc(OCC(=O)N2CCN(C(=O)c3ccc4c(c3)OCO4)CC2)cc1. The van der Waals surface area contributed by atoms with Crippen LogP contribution in [-0.4, -0.2) is 67.0 Å². The Morgan fingerprint density at radius 3 is 2.23 bits per heavy atom. The van der Waals surface area contributed by atoms with E-state index in [1.165, 1.54) is 0 Å². The smallest absolute Gasteiger partial charge is 0.260 e. The molecule has 1 saturated heterocycles. The van der Waals surface area contributed by atoms with E-state index in [-0.39, 0.29) is 31.0 Å². The van der Waals surface area contributed by atoms with Gasteiger partial charge in [-0.3, -0.25) is 14.4 Å². The predicted molar refractivity (Wildman–Crippen MR) is 112 cm³/mol. The van der Waals surface area contributed by atoms with E-state index in [2.05, 4.69) is 0 Å². The normalized spacial score (nSPS) is 15.0. The molecule has 0 unspecified atom stereocenters. The molecule has 2 aromatic carbocycles. The summed E-state index contributed by atoms with van der Waals surface area (Å²) in [4.78, 5) is 40.3. The molecule has 0 aliphatic carbocycles. The summed E-state index contributed by atoms with van der Waals surface area (Å²) < 4.78 is 16.2. The molecular formula is C23H24N2O6. The molecule has 0 aromatic heterocycles. The van der Waals surface area contributed by atoms with E-state index in [0.717, 1.165) is 0 Å². The first-order valence-corrected chi connectivity index (χ1v) is 10.3. The third-order valence-electron chi connectivity index (χ3n) is 5.40. The molecule has 2 aliphatic rings. The lowest BCUT2D eigenvalue weighted by Gasteiger charge is -2.34. The van der Waals surface area contributed by atoms with E-state index >= 15 is 0 Å². The van der Waals surface area contributed by atoms with Crippen molar-refractivity contribution >= 4 is 17.6 Å². The van der Waals surface area contributed by atoms with E-state index in [4.69, 9.17) is 14.2 Å². The molecule has 8 nitrogen and oxygen atoms in total. The van der Waals surface area contributed by atoms with Crippen molar-refractivity contribution in [3.8, 4) is 17.2 Å². The molecule has 8 heteroatoms. The lowest BCUT2D eigenvalue weighted by molar-refractivity contribution is -0.134. The average Bonchev–Trinajstić information content (AvgIpc) is 3.30. The molecule has 162 valence electrons. The molecule has 0 spiro atoms. The minimum atomic E-state index is -0.135. The van der Waals surface area contributed by atoms with Gasteiger partial charge in [0.1, 0.15) is 5.75 Å². The van der Waals surface area contributed by atoms with Crippen molar-refractivity contribution in [1.82, 2.24) is 9.80 Å². The van der Waals surface area contributed by atoms with Gasteiger partial charge in [-0.15, -0.1) is 0 Å². The first kappa shape index (κ1) is 20.7. The van der Waals surface area contributed by atoms with Gasteiger partial charge in [-0.1, -0.05) is 6.92 Å². The lowest BCUT2D eigenvalue weighted by atomic mass is 10.1. The second-order valence-corrected chi connectivity index (χ2v) is 7.33. The fraction of sp³-hybridized carbons (Fsp3) is 0.348. The summed E-state index contributed by atoms with van der Waals surface area (Å²) in [6, 6.07) is 11.9. The van der Waals surface area contributed by atoms with Gasteiger partial charge >= 0.3 is 0 Å². The summed E-state index contributed by atoms with van der Waals surface area (Å²) in [5.41, 5.74) is 1.17. The first-order valence-electron chi connectivity index (χ1n) is 10.3. The summed E-state index contributed by atoms with van der Waals surface area (Å²) in [5.74, 6) is 1.59. The van der Waals surface area contributed by atoms with Crippen LogP contribution in [0.4, 0.5) is 0 Å². The van der Waals surface area contributed by atoms with Crippen LogP contribution >= 0.6 is 0 Å². The van der Waals surface area contributed by atoms with Crippen LogP contribution in [0.25, 0.3) is 0 Å². The molecular weight excluding hydrogens is 400 g/mol. The van der Waals surface area contributed by atoms with Crippen LogP contribution in [0.3, 0.4) is 0 Å². The maximum atomic E-state index is 12.8. The molecule has 0 atom stereocenters. The van der Waals surface area contributed by atoms with E-state index in [0.29, 0.717) is 61.0 Å². The molecule has 0 N–H and O–H groups in total. The Morgan fingerprint density at radius 1 is 0.871 bits per heavy atom. The number of benzene rings is 2. The number of fused-ring (bicyclic) bond motifs is 1. The minimum Gasteiger partial charge on any atom is -0.484 e. The molecule has 0 radical (unpaired) electrons. The fourth-order valence-corrected chi connectivity index (χ4v) is 3.55. The molecule has 2 heterocycles. The zero-order valence-electron chi connectivity index (χ0n) is 17.3. The Labute approximate surface area is 180 Å². The number of carbonyl (C=O) groups is 3. The Bertz CT molecular complexity index is 980. The second kappa shape index (κ2) is 9.07. The number of Topliss-reactive ketones (excluding diaryl/α,β-unsaturated/α-hetero) is 1. The standard InChI is InChI=1S/C23H24N2O6/c1-2-19(26)16-3-6-18(7-4-16)29-14-22(27)24-9-11-25(12-10-24)23(28)17-5-8-20-21(13-17)31-15-30-20/h3-8,13H,2,9-12,14-15H2,1H3. The Hall–Kier alpha value is -3.55. The number of nitrogens with zero attached hydrogens (tertiary/aromatic N) is 2. The summed E-state index contributed by atoms with van der Waals surface area (Å²) in [6.07, 6.45) is 0.446. The largest absolute Gasteiger partial charge is 0.484 e. The summed E-state index contributed by atoms with van der Waals surface area (Å²) in [6.45, 7) is 3.69. The zero-order chi connectivity index (χ0) is 21.8. The minimum absolute atomic E-state index is 0.0655. The number of hydrogen-bond acceptors (Lipinski definition) is 6. The second-order valence-electron chi connectivity index (χ2n) is 7.33. The summed E-state index contributed by atoms with van der Waals surface area (Å²) in [5, 5.41) is 0. The molecule has 2 amide bonds. The van der Waals surface area contributed by atoms with Gasteiger partial charge in [0.2, 0.25) is 6.79 Å². The van der Waals surface area contributed by atoms with Gasteiger partial charge in [0.25, 0.3) is 11.8 Å². The van der Waals surface area contributed by atoms with Crippen LogP contribution in [0.2, 0.25) is 0 Å². The zero-order valence-corrected chi connectivity index (χ0v) is 17.3. The number of piperazine rings is 1. The van der Waals surface area contributed by atoms with Gasteiger partial charge in [0, 0.05) is 43.7 Å². The molecule has 31 heavy (non-hydrogen) atoms. The number of hydrogen-bond donors (Lipinski definition) is 0. The maximum absolute atomic E-state index is 12.8. The molecule has 4 rings (SSSR count). The maximum Gasteiger partial charge on any atom is 0.260 e. The van der Waals surface area contributed by atoms with Crippen LogP contribution < -0.4 is 14.2 Å². The van der Waals surface area contributed by atoms with Crippen LogP contribution in [0.15, 0.2) is 42.5 Å². The molecule has 1 fully saturated rings. The Morgan fingerprint density at radius 2 is 1.52 bits per heavy atom. The third kappa shape index (κ3) is 4.63. The Kier molecular flexibility index (Phi) is 6.06. The van der Waals surface area contributed by atoms with Gasteiger partial charge in [-0.25, -0.2) is 0 Å². The summed E-state index contributed by atoms with van der Waals surface area (Å²) >= 11 is 0. The Balaban J connectivity index is 1.26. The highest BCUT2D eigenvalue weighted by Crippen LogP contribution is 2.32. The van der Waals surface area contributed by atoms with Crippen LogP contribution in [0.1, 0.15) is 34.1 Å². The lowest BCUT2D eigenvalue weighted by Crippen LogP contribution is -2.51. The third-order valence-corrected chi connectivity index (χ3v) is 5.40. The van der Waals surface area contributed by atoms with E-state index in [1.807, 2.05) is 6.92 Å². The average molecular weight is 424 g/mol. The highest BCUT2D eigenvalue weighted by atomic mass is 16.7. The van der Waals surface area contributed by atoms with Crippen molar-refractivity contribution in [1.29, 1.82) is 0 Å². The topological polar surface area (TPSA) is 85.4 Å². The number of ketones is 1. The van der Waals surface area contributed by atoms with Crippen LogP contribution in [0, 0.1) is 0 Å². The highest BCUT2D eigenvalue weighted by Gasteiger charge is 2.26. The molecule has 0 saturated carbocycles. The molecule has 0 bridgehead atoms. The number of rotatable bonds is 6. The van der Waals surface area contributed by atoms with Crippen molar-refractivity contribution in [2.45, 2.75) is 13.3 Å².